The van der Waals surface area contributed by atoms with Crippen molar-refractivity contribution < 1.29 is 9.47 Å². The molecule has 1 aromatic carbocycles. The number of rotatable bonds is 14. The molecule has 0 aliphatic carbocycles. The Morgan fingerprint density at radius 2 is 1.86 bits per heavy atom. The zero-order valence-electron chi connectivity index (χ0n) is 18.8. The van der Waals surface area contributed by atoms with Crippen molar-refractivity contribution in [3.8, 4) is 0 Å². The molecule has 0 radical (unpaired) electrons. The number of hydrogen-bond donors (Lipinski definition) is 2. The molecule has 2 N–H and O–H groups in total. The average molecular weight is 521 g/mol. The van der Waals surface area contributed by atoms with E-state index >= 15 is 0 Å². The monoisotopic (exact) mass is 520 g/mol. The van der Waals surface area contributed by atoms with Crippen molar-refractivity contribution >= 4 is 29.9 Å². The first-order chi connectivity index (χ1) is 13.5. The summed E-state index contributed by atoms with van der Waals surface area (Å²) in [6.45, 7) is 11.7. The predicted molar refractivity (Wildman–Crippen MR) is 133 cm³/mol. The minimum atomic E-state index is 0. The van der Waals surface area contributed by atoms with Gasteiger partial charge >= 0.3 is 0 Å². The Morgan fingerprint density at radius 3 is 2.48 bits per heavy atom. The molecule has 0 saturated carbocycles. The van der Waals surface area contributed by atoms with Gasteiger partial charge in [0.25, 0.3) is 0 Å². The number of halogens is 1. The molecule has 7 heteroatoms. The van der Waals surface area contributed by atoms with E-state index in [4.69, 9.17) is 14.5 Å². The van der Waals surface area contributed by atoms with Crippen LogP contribution in [0.3, 0.4) is 0 Å². The lowest BCUT2D eigenvalue weighted by molar-refractivity contribution is 0.0548. The molecular formula is C22H41IN4O2. The standard InChI is InChI=1S/C22H40N4O2.HI/c1-6-23-22(25-16-21(28-7-2)13-14-26(4)5)24-15-19(3)17-27-18-20-11-9-8-10-12-20;/h8-12,19,21H,6-7,13-18H2,1-5H3,(H2,23,24,25);1H. The Hall–Kier alpha value is -0.900. The molecule has 2 atom stereocenters. The topological polar surface area (TPSA) is 58.1 Å². The van der Waals surface area contributed by atoms with Crippen LogP contribution in [0, 0.1) is 5.92 Å². The zero-order chi connectivity index (χ0) is 20.6. The van der Waals surface area contributed by atoms with Crippen LogP contribution in [-0.4, -0.2) is 70.5 Å². The maximum Gasteiger partial charge on any atom is 0.191 e. The van der Waals surface area contributed by atoms with E-state index in [2.05, 4.69) is 55.6 Å². The second-order valence-electron chi connectivity index (χ2n) is 7.38. The summed E-state index contributed by atoms with van der Waals surface area (Å²) >= 11 is 0. The summed E-state index contributed by atoms with van der Waals surface area (Å²) in [7, 11) is 4.17. The first kappa shape index (κ1) is 28.1. The van der Waals surface area contributed by atoms with Gasteiger partial charge in [-0.25, -0.2) is 0 Å². The molecular weight excluding hydrogens is 479 g/mol. The van der Waals surface area contributed by atoms with E-state index in [1.54, 1.807) is 0 Å². The van der Waals surface area contributed by atoms with Crippen LogP contribution in [-0.2, 0) is 16.1 Å². The first-order valence-corrected chi connectivity index (χ1v) is 10.4. The van der Waals surface area contributed by atoms with Crippen LogP contribution < -0.4 is 10.6 Å². The molecule has 0 aromatic heterocycles. The molecule has 0 aliphatic heterocycles. The summed E-state index contributed by atoms with van der Waals surface area (Å²) in [5.74, 6) is 1.20. The van der Waals surface area contributed by atoms with Crippen molar-refractivity contribution in [2.45, 2.75) is 39.9 Å². The van der Waals surface area contributed by atoms with Gasteiger partial charge in [-0.05, 0) is 45.8 Å². The van der Waals surface area contributed by atoms with Gasteiger partial charge in [-0.2, -0.15) is 0 Å². The third kappa shape index (κ3) is 14.7. The normalized spacial score (nSPS) is 13.7. The maximum atomic E-state index is 5.85. The average Bonchev–Trinajstić information content (AvgIpc) is 2.68. The smallest absolute Gasteiger partial charge is 0.191 e. The predicted octanol–water partition coefficient (Wildman–Crippen LogP) is 3.37. The third-order valence-corrected chi connectivity index (χ3v) is 4.22. The molecule has 2 unspecified atom stereocenters. The Balaban J connectivity index is 0.00000784. The minimum Gasteiger partial charge on any atom is -0.377 e. The first-order valence-electron chi connectivity index (χ1n) is 10.4. The number of guanidine groups is 1. The summed E-state index contributed by atoms with van der Waals surface area (Å²) in [6, 6.07) is 10.3. The lowest BCUT2D eigenvalue weighted by Crippen LogP contribution is -2.42. The highest BCUT2D eigenvalue weighted by Crippen LogP contribution is 2.04. The molecule has 0 saturated heterocycles. The third-order valence-electron chi connectivity index (χ3n) is 4.22. The highest BCUT2D eigenvalue weighted by Gasteiger charge is 2.10. The number of ether oxygens (including phenoxy) is 2. The van der Waals surface area contributed by atoms with Crippen LogP contribution in [0.25, 0.3) is 0 Å². The van der Waals surface area contributed by atoms with E-state index in [1.165, 1.54) is 5.56 Å². The van der Waals surface area contributed by atoms with Crippen LogP contribution >= 0.6 is 24.0 Å². The van der Waals surface area contributed by atoms with Crippen LogP contribution in [0.1, 0.15) is 32.8 Å². The lowest BCUT2D eigenvalue weighted by atomic mass is 10.2. The molecule has 0 amide bonds. The largest absolute Gasteiger partial charge is 0.377 e. The molecule has 0 spiro atoms. The molecule has 168 valence electrons. The number of benzene rings is 1. The van der Waals surface area contributed by atoms with E-state index in [9.17, 15) is 0 Å². The van der Waals surface area contributed by atoms with Gasteiger partial charge in [0.05, 0.1) is 19.3 Å². The summed E-state index contributed by atoms with van der Waals surface area (Å²) in [4.78, 5) is 6.90. The van der Waals surface area contributed by atoms with Gasteiger partial charge < -0.3 is 25.0 Å². The van der Waals surface area contributed by atoms with Crippen molar-refractivity contribution in [1.82, 2.24) is 15.5 Å². The summed E-state index contributed by atoms with van der Waals surface area (Å²) in [6.07, 6.45) is 1.18. The molecule has 0 fully saturated rings. The van der Waals surface area contributed by atoms with Crippen molar-refractivity contribution in [1.29, 1.82) is 0 Å². The van der Waals surface area contributed by atoms with Gasteiger partial charge in [0.15, 0.2) is 5.96 Å². The Kier molecular flexibility index (Phi) is 17.4. The SMILES string of the molecule is CCNC(=NCC(C)COCc1ccccc1)NCC(CCN(C)C)OCC.I. The lowest BCUT2D eigenvalue weighted by Gasteiger charge is -2.21. The summed E-state index contributed by atoms with van der Waals surface area (Å²) in [5.41, 5.74) is 1.20. The number of hydrogen-bond acceptors (Lipinski definition) is 4. The summed E-state index contributed by atoms with van der Waals surface area (Å²) in [5, 5.41) is 6.74. The molecule has 6 nitrogen and oxygen atoms in total. The Labute approximate surface area is 194 Å². The number of nitrogens with one attached hydrogen (secondary N) is 2. The molecule has 0 bridgehead atoms. The van der Waals surface area contributed by atoms with Gasteiger partial charge in [-0.1, -0.05) is 37.3 Å². The molecule has 0 heterocycles. The van der Waals surface area contributed by atoms with Crippen LogP contribution in [0.5, 0.6) is 0 Å². The Bertz CT molecular complexity index is 529. The van der Waals surface area contributed by atoms with Gasteiger partial charge in [0, 0.05) is 32.8 Å². The van der Waals surface area contributed by atoms with Gasteiger partial charge in [0.1, 0.15) is 0 Å². The van der Waals surface area contributed by atoms with Crippen LogP contribution in [0.4, 0.5) is 0 Å². The van der Waals surface area contributed by atoms with Gasteiger partial charge in [-0.15, -0.1) is 24.0 Å². The second-order valence-corrected chi connectivity index (χ2v) is 7.38. The van der Waals surface area contributed by atoms with Crippen LogP contribution in [0.15, 0.2) is 35.3 Å². The maximum absolute atomic E-state index is 5.85. The molecule has 1 rings (SSSR count). The fourth-order valence-electron chi connectivity index (χ4n) is 2.69. The fraction of sp³-hybridized carbons (Fsp3) is 0.682. The van der Waals surface area contributed by atoms with E-state index < -0.39 is 0 Å². The zero-order valence-corrected chi connectivity index (χ0v) is 21.1. The van der Waals surface area contributed by atoms with E-state index in [-0.39, 0.29) is 30.1 Å². The minimum absolute atomic E-state index is 0. The van der Waals surface area contributed by atoms with E-state index in [1.807, 2.05) is 25.1 Å². The molecule has 1 aromatic rings. The number of aliphatic imine (C=N–C) groups is 1. The molecule has 29 heavy (non-hydrogen) atoms. The van der Waals surface area contributed by atoms with E-state index in [0.717, 1.165) is 45.2 Å². The van der Waals surface area contributed by atoms with E-state index in [0.29, 0.717) is 19.1 Å². The molecule has 0 aliphatic rings. The van der Waals surface area contributed by atoms with Crippen molar-refractivity contribution in [2.75, 3.05) is 53.5 Å². The highest BCUT2D eigenvalue weighted by atomic mass is 127. The van der Waals surface area contributed by atoms with Crippen molar-refractivity contribution in [3.05, 3.63) is 35.9 Å². The van der Waals surface area contributed by atoms with Crippen LogP contribution in [0.2, 0.25) is 0 Å². The quantitative estimate of drug-likeness (QED) is 0.224. The van der Waals surface area contributed by atoms with Crippen molar-refractivity contribution in [2.24, 2.45) is 10.9 Å². The second kappa shape index (κ2) is 17.9. The summed E-state index contributed by atoms with van der Waals surface area (Å²) < 4.78 is 11.7. The van der Waals surface area contributed by atoms with Crippen molar-refractivity contribution in [3.63, 3.8) is 0 Å². The van der Waals surface area contributed by atoms with Gasteiger partial charge in [0.2, 0.25) is 0 Å². The fourth-order valence-corrected chi connectivity index (χ4v) is 2.69. The Morgan fingerprint density at radius 1 is 1.14 bits per heavy atom. The highest BCUT2D eigenvalue weighted by molar-refractivity contribution is 14.0. The number of nitrogens with zero attached hydrogens (tertiary/aromatic N) is 2. The van der Waals surface area contributed by atoms with Gasteiger partial charge in [-0.3, -0.25) is 4.99 Å².